The molecule has 0 atom stereocenters. The second-order valence-electron chi connectivity index (χ2n) is 4.76. The molecular formula is C10H12N4O3. The predicted molar refractivity (Wildman–Crippen MR) is 60.3 cm³/mol. The number of hydrogen-bond acceptors (Lipinski definition) is 4. The lowest BCUT2D eigenvalue weighted by atomic mass is 10.1. The monoisotopic (exact) mass is 236 g/mol. The predicted octanol–water partition coefficient (Wildman–Crippen LogP) is 1.33. The maximum atomic E-state index is 11.9. The molecule has 2 rings (SSSR count). The lowest BCUT2D eigenvalue weighted by molar-refractivity contribution is -0.684. The molecule has 0 aliphatic rings. The standard InChI is InChI=1S/C10H12N4O3/c1-10(2,3)14-11-8-5-4-7(13(16)17)6-9(8)12(14)15/h4-6H,1-3H3. The molecule has 2 aromatic rings. The van der Waals surface area contributed by atoms with E-state index in [9.17, 15) is 15.3 Å². The Morgan fingerprint density at radius 2 is 2.06 bits per heavy atom. The maximum absolute atomic E-state index is 11.9. The number of nitrogens with zero attached hydrogens (tertiary/aromatic N) is 4. The van der Waals surface area contributed by atoms with Gasteiger partial charge in [0, 0.05) is 17.2 Å². The molecule has 1 heterocycles. The third-order valence-corrected chi connectivity index (χ3v) is 2.35. The lowest BCUT2D eigenvalue weighted by Crippen LogP contribution is -2.46. The van der Waals surface area contributed by atoms with Crippen molar-refractivity contribution in [3.8, 4) is 0 Å². The summed E-state index contributed by atoms with van der Waals surface area (Å²) >= 11 is 0. The fraction of sp³-hybridized carbons (Fsp3) is 0.400. The quantitative estimate of drug-likeness (QED) is 0.323. The molecule has 90 valence electrons. The van der Waals surface area contributed by atoms with Crippen LogP contribution in [0.15, 0.2) is 18.2 Å². The van der Waals surface area contributed by atoms with Crippen LogP contribution in [0.3, 0.4) is 0 Å². The van der Waals surface area contributed by atoms with E-state index in [0.29, 0.717) is 10.4 Å². The highest BCUT2D eigenvalue weighted by atomic mass is 16.6. The van der Waals surface area contributed by atoms with Gasteiger partial charge in [0.2, 0.25) is 11.0 Å². The van der Waals surface area contributed by atoms with E-state index in [4.69, 9.17) is 0 Å². The van der Waals surface area contributed by atoms with Gasteiger partial charge in [-0.25, -0.2) is 0 Å². The van der Waals surface area contributed by atoms with Crippen molar-refractivity contribution in [2.24, 2.45) is 0 Å². The summed E-state index contributed by atoms with van der Waals surface area (Å²) in [5.74, 6) is 0. The number of hydrogen-bond donors (Lipinski definition) is 0. The molecule has 0 unspecified atom stereocenters. The van der Waals surface area contributed by atoms with Crippen LogP contribution in [-0.4, -0.2) is 14.8 Å². The molecule has 0 aliphatic carbocycles. The fourth-order valence-corrected chi connectivity index (χ4v) is 1.53. The highest BCUT2D eigenvalue weighted by Gasteiger charge is 2.26. The molecular weight excluding hydrogens is 224 g/mol. The summed E-state index contributed by atoms with van der Waals surface area (Å²) in [5, 5.41) is 26.7. The average Bonchev–Trinajstić information content (AvgIpc) is 2.55. The van der Waals surface area contributed by atoms with Gasteiger partial charge in [0.15, 0.2) is 0 Å². The van der Waals surface area contributed by atoms with Crippen molar-refractivity contribution >= 4 is 16.7 Å². The molecule has 0 saturated carbocycles. The Morgan fingerprint density at radius 3 is 2.59 bits per heavy atom. The fourth-order valence-electron chi connectivity index (χ4n) is 1.53. The van der Waals surface area contributed by atoms with Crippen LogP contribution >= 0.6 is 0 Å². The molecule has 0 saturated heterocycles. The largest absolute Gasteiger partial charge is 0.692 e. The zero-order valence-corrected chi connectivity index (χ0v) is 9.75. The second-order valence-corrected chi connectivity index (χ2v) is 4.76. The zero-order chi connectivity index (χ0) is 12.8. The molecule has 1 aromatic heterocycles. The minimum Gasteiger partial charge on any atom is -0.692 e. The molecule has 0 amide bonds. The van der Waals surface area contributed by atoms with Gasteiger partial charge in [0.05, 0.1) is 11.0 Å². The molecule has 0 N–H and O–H groups in total. The third-order valence-electron chi connectivity index (χ3n) is 2.35. The minimum absolute atomic E-state index is 0.115. The first kappa shape index (κ1) is 11.3. The van der Waals surface area contributed by atoms with E-state index in [1.54, 1.807) is 0 Å². The molecule has 0 fully saturated rings. The molecule has 0 bridgehead atoms. The Morgan fingerprint density at radius 1 is 1.41 bits per heavy atom. The van der Waals surface area contributed by atoms with Crippen LogP contribution in [0.2, 0.25) is 0 Å². The molecule has 7 nitrogen and oxygen atoms in total. The summed E-state index contributed by atoms with van der Waals surface area (Å²) in [6.07, 6.45) is 0. The van der Waals surface area contributed by atoms with Crippen molar-refractivity contribution in [3.63, 3.8) is 0 Å². The number of benzene rings is 1. The number of non-ortho nitro benzene ring substituents is 1. The van der Waals surface area contributed by atoms with Crippen molar-refractivity contribution in [3.05, 3.63) is 33.5 Å². The Kier molecular flexibility index (Phi) is 2.27. The van der Waals surface area contributed by atoms with Gasteiger partial charge in [-0.2, -0.15) is 0 Å². The van der Waals surface area contributed by atoms with E-state index in [0.717, 1.165) is 0 Å². The van der Waals surface area contributed by atoms with Crippen molar-refractivity contribution < 1.29 is 9.77 Å². The summed E-state index contributed by atoms with van der Waals surface area (Å²) in [6.45, 7) is 5.51. The Balaban J connectivity index is 2.71. The normalized spacial score (nSPS) is 11.9. The van der Waals surface area contributed by atoms with Gasteiger partial charge in [-0.05, 0) is 25.6 Å². The number of aromatic nitrogens is 3. The van der Waals surface area contributed by atoms with E-state index in [1.165, 1.54) is 23.0 Å². The third kappa shape index (κ3) is 1.79. The number of nitro groups is 1. The highest BCUT2D eigenvalue weighted by molar-refractivity contribution is 5.73. The minimum atomic E-state index is -0.534. The van der Waals surface area contributed by atoms with Gasteiger partial charge in [-0.15, -0.1) is 4.85 Å². The maximum Gasteiger partial charge on any atom is 0.274 e. The SMILES string of the molecule is CC(C)(C)n1nc2ccc([N+](=O)[O-])cc2[n+]1[O-]. The van der Waals surface area contributed by atoms with Gasteiger partial charge >= 0.3 is 0 Å². The van der Waals surface area contributed by atoms with Gasteiger partial charge in [0.1, 0.15) is 5.54 Å². The molecule has 7 heteroatoms. The first-order valence-electron chi connectivity index (χ1n) is 5.08. The van der Waals surface area contributed by atoms with Gasteiger partial charge in [-0.3, -0.25) is 10.1 Å². The zero-order valence-electron chi connectivity index (χ0n) is 9.75. The summed E-state index contributed by atoms with van der Waals surface area (Å²) in [7, 11) is 0. The van der Waals surface area contributed by atoms with Gasteiger partial charge in [0.25, 0.3) is 5.69 Å². The second kappa shape index (κ2) is 3.41. The van der Waals surface area contributed by atoms with Crippen molar-refractivity contribution in [2.75, 3.05) is 0 Å². The Bertz CT molecular complexity index is 597. The van der Waals surface area contributed by atoms with Crippen molar-refractivity contribution in [2.45, 2.75) is 26.3 Å². The summed E-state index contributed by atoms with van der Waals surface area (Å²) in [6, 6.07) is 4.05. The van der Waals surface area contributed by atoms with Crippen LogP contribution in [0.5, 0.6) is 0 Å². The van der Waals surface area contributed by atoms with Crippen LogP contribution in [-0.2, 0) is 5.54 Å². The van der Waals surface area contributed by atoms with Gasteiger partial charge in [-0.1, -0.05) is 0 Å². The number of rotatable bonds is 1. The molecule has 1 aromatic carbocycles. The van der Waals surface area contributed by atoms with Crippen LogP contribution in [0.1, 0.15) is 20.8 Å². The summed E-state index contributed by atoms with van der Waals surface area (Å²) in [4.78, 5) is 11.9. The first-order chi connectivity index (χ1) is 7.80. The van der Waals surface area contributed by atoms with Crippen LogP contribution in [0, 0.1) is 15.3 Å². The Labute approximate surface area is 97.0 Å². The average molecular weight is 236 g/mol. The van der Waals surface area contributed by atoms with E-state index < -0.39 is 10.5 Å². The highest BCUT2D eigenvalue weighted by Crippen LogP contribution is 2.19. The molecule has 17 heavy (non-hydrogen) atoms. The van der Waals surface area contributed by atoms with E-state index in [2.05, 4.69) is 5.10 Å². The Hall–Kier alpha value is -2.18. The molecule has 0 radical (unpaired) electrons. The van der Waals surface area contributed by atoms with Crippen molar-refractivity contribution in [1.29, 1.82) is 0 Å². The lowest BCUT2D eigenvalue weighted by Gasteiger charge is -2.16. The van der Waals surface area contributed by atoms with E-state index >= 15 is 0 Å². The summed E-state index contributed by atoms with van der Waals surface area (Å²) < 4.78 is 0. The van der Waals surface area contributed by atoms with Crippen LogP contribution < -0.4 is 4.85 Å². The van der Waals surface area contributed by atoms with Crippen LogP contribution in [0.4, 0.5) is 5.69 Å². The van der Waals surface area contributed by atoms with Crippen molar-refractivity contribution in [1.82, 2.24) is 9.90 Å². The number of nitro benzene ring substituents is 1. The smallest absolute Gasteiger partial charge is 0.274 e. The molecule has 0 spiro atoms. The van der Waals surface area contributed by atoms with Crippen LogP contribution in [0.25, 0.3) is 11.0 Å². The summed E-state index contributed by atoms with van der Waals surface area (Å²) in [5.41, 5.74) is 0.0560. The van der Waals surface area contributed by atoms with Gasteiger partial charge < -0.3 is 5.21 Å². The first-order valence-corrected chi connectivity index (χ1v) is 5.08. The van der Waals surface area contributed by atoms with E-state index in [1.807, 2.05) is 20.8 Å². The number of fused-ring (bicyclic) bond motifs is 1. The molecule has 0 aliphatic heterocycles. The topological polar surface area (TPSA) is 87.9 Å². The van der Waals surface area contributed by atoms with E-state index in [-0.39, 0.29) is 11.2 Å².